The summed E-state index contributed by atoms with van der Waals surface area (Å²) in [6, 6.07) is 8.78. The fraction of sp³-hybridized carbons (Fsp3) is 0.533. The molecule has 0 saturated carbocycles. The molecule has 0 aliphatic carbocycles. The first kappa shape index (κ1) is 13.8. The zero-order chi connectivity index (χ0) is 13.7. The van der Waals surface area contributed by atoms with Gasteiger partial charge in [0.05, 0.1) is 6.54 Å². The van der Waals surface area contributed by atoms with E-state index in [9.17, 15) is 4.79 Å². The van der Waals surface area contributed by atoms with Gasteiger partial charge in [-0.1, -0.05) is 18.2 Å². The Hall–Kier alpha value is -1.64. The van der Waals surface area contributed by atoms with Crippen LogP contribution in [0.4, 0.5) is 5.69 Å². The molecule has 0 amide bonds. The first-order valence-electron chi connectivity index (χ1n) is 6.83. The number of aliphatic imine (C=N–C) groups is 1. The minimum absolute atomic E-state index is 0.421. The van der Waals surface area contributed by atoms with Crippen molar-refractivity contribution >= 4 is 11.8 Å². The molecule has 1 aliphatic heterocycles. The summed E-state index contributed by atoms with van der Waals surface area (Å²) in [5.41, 5.74) is 2.30. The molecule has 4 heteroatoms. The summed E-state index contributed by atoms with van der Waals surface area (Å²) < 4.78 is 0. The van der Waals surface area contributed by atoms with Crippen molar-refractivity contribution in [1.82, 2.24) is 4.90 Å². The second-order valence-electron chi connectivity index (χ2n) is 5.15. The molecule has 1 heterocycles. The number of piperazine rings is 1. The normalized spacial score (nSPS) is 16.5. The summed E-state index contributed by atoms with van der Waals surface area (Å²) in [5.74, 6) is 0. The van der Waals surface area contributed by atoms with Crippen LogP contribution in [0.1, 0.15) is 19.4 Å². The van der Waals surface area contributed by atoms with E-state index in [1.165, 1.54) is 5.69 Å². The smallest absolute Gasteiger partial charge is 0.235 e. The lowest BCUT2D eigenvalue weighted by molar-refractivity contribution is 0.209. The fourth-order valence-corrected chi connectivity index (χ4v) is 2.55. The zero-order valence-corrected chi connectivity index (χ0v) is 11.7. The standard InChI is InChI=1S/C15H21N3O/c1-13(2)17-7-9-18(10-8-17)15-6-4-3-5-14(15)11-16-12-19/h3-6,13H,7-11H2,1-2H3. The van der Waals surface area contributed by atoms with Crippen LogP contribution >= 0.6 is 0 Å². The molecule has 4 nitrogen and oxygen atoms in total. The van der Waals surface area contributed by atoms with E-state index in [1.807, 2.05) is 18.2 Å². The van der Waals surface area contributed by atoms with Crippen LogP contribution in [-0.2, 0) is 11.3 Å². The highest BCUT2D eigenvalue weighted by molar-refractivity contribution is 5.54. The Morgan fingerprint density at radius 1 is 1.21 bits per heavy atom. The highest BCUT2D eigenvalue weighted by Gasteiger charge is 2.20. The van der Waals surface area contributed by atoms with Crippen LogP contribution in [-0.4, -0.2) is 43.2 Å². The van der Waals surface area contributed by atoms with Gasteiger partial charge in [-0.2, -0.15) is 0 Å². The van der Waals surface area contributed by atoms with Gasteiger partial charge >= 0.3 is 0 Å². The van der Waals surface area contributed by atoms with E-state index in [-0.39, 0.29) is 0 Å². The highest BCUT2D eigenvalue weighted by Crippen LogP contribution is 2.22. The van der Waals surface area contributed by atoms with Gasteiger partial charge in [0.1, 0.15) is 0 Å². The molecule has 2 rings (SSSR count). The zero-order valence-electron chi connectivity index (χ0n) is 11.7. The Bertz CT molecular complexity index is 458. The van der Waals surface area contributed by atoms with Gasteiger partial charge < -0.3 is 4.90 Å². The lowest BCUT2D eigenvalue weighted by atomic mass is 10.1. The van der Waals surface area contributed by atoms with Crippen molar-refractivity contribution in [2.24, 2.45) is 4.99 Å². The topological polar surface area (TPSA) is 35.9 Å². The van der Waals surface area contributed by atoms with Crippen molar-refractivity contribution < 1.29 is 4.79 Å². The predicted molar refractivity (Wildman–Crippen MR) is 77.2 cm³/mol. The lowest BCUT2D eigenvalue weighted by Crippen LogP contribution is -2.49. The minimum atomic E-state index is 0.421. The van der Waals surface area contributed by atoms with Crippen LogP contribution in [0, 0.1) is 0 Å². The van der Waals surface area contributed by atoms with Crippen molar-refractivity contribution in [2.45, 2.75) is 26.4 Å². The number of anilines is 1. The Labute approximate surface area is 114 Å². The molecule has 0 radical (unpaired) electrons. The fourth-order valence-electron chi connectivity index (χ4n) is 2.55. The van der Waals surface area contributed by atoms with Crippen LogP contribution < -0.4 is 4.90 Å². The van der Waals surface area contributed by atoms with Crippen LogP contribution in [0.2, 0.25) is 0 Å². The predicted octanol–water partition coefficient (Wildman–Crippen LogP) is 2.05. The molecule has 0 unspecified atom stereocenters. The molecule has 0 spiro atoms. The van der Waals surface area contributed by atoms with E-state index in [4.69, 9.17) is 0 Å². The number of para-hydroxylation sites is 1. The molecule has 102 valence electrons. The summed E-state index contributed by atoms with van der Waals surface area (Å²) in [6.45, 7) is 9.13. The van der Waals surface area contributed by atoms with E-state index in [1.54, 1.807) is 6.08 Å². The molecule has 1 fully saturated rings. The maximum Gasteiger partial charge on any atom is 0.235 e. The Morgan fingerprint density at radius 2 is 1.89 bits per heavy atom. The van der Waals surface area contributed by atoms with Crippen molar-refractivity contribution in [3.8, 4) is 0 Å². The van der Waals surface area contributed by atoms with E-state index in [2.05, 4.69) is 34.7 Å². The van der Waals surface area contributed by atoms with Crippen LogP contribution in [0.15, 0.2) is 29.3 Å². The first-order valence-corrected chi connectivity index (χ1v) is 6.83. The molecule has 1 saturated heterocycles. The van der Waals surface area contributed by atoms with Gasteiger partial charge in [0, 0.05) is 37.9 Å². The SMILES string of the molecule is CC(C)N1CCN(c2ccccc2CN=C=O)CC1. The molecular weight excluding hydrogens is 238 g/mol. The van der Waals surface area contributed by atoms with Gasteiger partial charge in [-0.15, -0.1) is 0 Å². The summed E-state index contributed by atoms with van der Waals surface area (Å²) in [5, 5.41) is 0. The van der Waals surface area contributed by atoms with Crippen molar-refractivity contribution in [3.05, 3.63) is 29.8 Å². The summed E-state index contributed by atoms with van der Waals surface area (Å²) in [6.07, 6.45) is 1.62. The quantitative estimate of drug-likeness (QED) is 0.613. The third-order valence-electron chi connectivity index (χ3n) is 3.69. The Morgan fingerprint density at radius 3 is 2.53 bits per heavy atom. The molecule has 1 aromatic rings. The molecule has 0 N–H and O–H groups in total. The van der Waals surface area contributed by atoms with E-state index >= 15 is 0 Å². The van der Waals surface area contributed by atoms with Crippen molar-refractivity contribution in [1.29, 1.82) is 0 Å². The first-order chi connectivity index (χ1) is 9.22. The third-order valence-corrected chi connectivity index (χ3v) is 3.69. The monoisotopic (exact) mass is 259 g/mol. The van der Waals surface area contributed by atoms with Crippen LogP contribution in [0.3, 0.4) is 0 Å². The second kappa shape index (κ2) is 6.50. The number of hydrogen-bond donors (Lipinski definition) is 0. The second-order valence-corrected chi connectivity index (χ2v) is 5.15. The number of isocyanates is 1. The van der Waals surface area contributed by atoms with E-state index in [0.717, 1.165) is 31.7 Å². The average Bonchev–Trinajstić information content (AvgIpc) is 2.45. The largest absolute Gasteiger partial charge is 0.369 e. The van der Waals surface area contributed by atoms with Gasteiger partial charge in [-0.3, -0.25) is 4.90 Å². The molecule has 0 aromatic heterocycles. The van der Waals surface area contributed by atoms with Crippen molar-refractivity contribution in [2.75, 3.05) is 31.1 Å². The molecular formula is C15H21N3O. The molecule has 0 bridgehead atoms. The van der Waals surface area contributed by atoms with Crippen molar-refractivity contribution in [3.63, 3.8) is 0 Å². The number of rotatable bonds is 4. The van der Waals surface area contributed by atoms with Gasteiger partial charge in [-0.05, 0) is 25.5 Å². The molecule has 19 heavy (non-hydrogen) atoms. The number of benzene rings is 1. The summed E-state index contributed by atoms with van der Waals surface area (Å²) >= 11 is 0. The molecule has 1 aromatic carbocycles. The summed E-state index contributed by atoms with van der Waals surface area (Å²) in [7, 11) is 0. The molecule has 0 atom stereocenters. The number of carbonyl (C=O) groups excluding carboxylic acids is 1. The lowest BCUT2D eigenvalue weighted by Gasteiger charge is -2.38. The Balaban J connectivity index is 2.08. The van der Waals surface area contributed by atoms with Gasteiger partial charge in [0.15, 0.2) is 0 Å². The van der Waals surface area contributed by atoms with Crippen LogP contribution in [0.5, 0.6) is 0 Å². The highest BCUT2D eigenvalue weighted by atomic mass is 16.1. The number of nitrogens with zero attached hydrogens (tertiary/aromatic N) is 3. The van der Waals surface area contributed by atoms with Gasteiger partial charge in [-0.25, -0.2) is 9.79 Å². The molecule has 1 aliphatic rings. The van der Waals surface area contributed by atoms with Crippen LogP contribution in [0.25, 0.3) is 0 Å². The Kier molecular flexibility index (Phi) is 4.72. The van der Waals surface area contributed by atoms with E-state index in [0.29, 0.717) is 12.6 Å². The van der Waals surface area contributed by atoms with Gasteiger partial charge in [0.2, 0.25) is 6.08 Å². The van der Waals surface area contributed by atoms with Gasteiger partial charge in [0.25, 0.3) is 0 Å². The van der Waals surface area contributed by atoms with E-state index < -0.39 is 0 Å². The number of hydrogen-bond acceptors (Lipinski definition) is 4. The maximum absolute atomic E-state index is 10.3. The summed E-state index contributed by atoms with van der Waals surface area (Å²) in [4.78, 5) is 18.8. The average molecular weight is 259 g/mol. The third kappa shape index (κ3) is 3.43. The maximum atomic E-state index is 10.3. The minimum Gasteiger partial charge on any atom is -0.369 e.